The van der Waals surface area contributed by atoms with Gasteiger partial charge >= 0.3 is 12.3 Å². The summed E-state index contributed by atoms with van der Waals surface area (Å²) >= 11 is 0. The minimum atomic E-state index is -4.63. The van der Waals surface area contributed by atoms with Crippen molar-refractivity contribution in [1.29, 1.82) is 0 Å². The summed E-state index contributed by atoms with van der Waals surface area (Å²) in [5.74, 6) is -1.67. The number of carbonyl (C=O) groups is 1. The van der Waals surface area contributed by atoms with Crippen molar-refractivity contribution in [1.82, 2.24) is 29.6 Å². The molecule has 4 heterocycles. The molecule has 36 heavy (non-hydrogen) atoms. The summed E-state index contributed by atoms with van der Waals surface area (Å²) in [6.07, 6.45) is -5.95. The molecule has 9 nitrogen and oxygen atoms in total. The molecule has 2 atom stereocenters. The van der Waals surface area contributed by atoms with Crippen LogP contribution in [0.2, 0.25) is 0 Å². The molecule has 1 aliphatic heterocycles. The number of hydrogen-bond donors (Lipinski definition) is 1. The summed E-state index contributed by atoms with van der Waals surface area (Å²) in [5, 5.41) is 6.75. The Hall–Kier alpha value is -3.75. The normalized spacial score (nSPS) is 19.8. The van der Waals surface area contributed by atoms with Crippen molar-refractivity contribution >= 4 is 11.9 Å². The van der Waals surface area contributed by atoms with Crippen molar-refractivity contribution in [3.05, 3.63) is 54.0 Å². The van der Waals surface area contributed by atoms with E-state index in [2.05, 4.69) is 25.4 Å². The van der Waals surface area contributed by atoms with Crippen LogP contribution in [0.4, 0.5) is 32.3 Å². The zero-order valence-corrected chi connectivity index (χ0v) is 18.8. The van der Waals surface area contributed by atoms with Gasteiger partial charge in [-0.3, -0.25) is 14.5 Å². The summed E-state index contributed by atoms with van der Waals surface area (Å²) in [7, 11) is 1.52. The molecule has 4 rings (SSSR count). The lowest BCUT2D eigenvalue weighted by atomic mass is 10.1. The van der Waals surface area contributed by atoms with Crippen LogP contribution in [0.3, 0.4) is 0 Å². The maximum absolute atomic E-state index is 14.3. The van der Waals surface area contributed by atoms with Crippen molar-refractivity contribution in [2.75, 3.05) is 18.4 Å². The Labute approximate surface area is 200 Å². The van der Waals surface area contributed by atoms with Gasteiger partial charge in [0.2, 0.25) is 5.95 Å². The third-order valence-electron chi connectivity index (χ3n) is 5.40. The molecule has 1 saturated heterocycles. The van der Waals surface area contributed by atoms with Crippen LogP contribution in [0.15, 0.2) is 36.9 Å². The van der Waals surface area contributed by atoms with Gasteiger partial charge in [0.05, 0.1) is 35.2 Å². The molecule has 192 valence electrons. The molecule has 3 aromatic heterocycles. The third-order valence-corrected chi connectivity index (χ3v) is 5.40. The Morgan fingerprint density at radius 3 is 2.50 bits per heavy atom. The van der Waals surface area contributed by atoms with Crippen LogP contribution in [0.5, 0.6) is 0 Å². The Balaban J connectivity index is 1.60. The second-order valence-corrected chi connectivity index (χ2v) is 8.06. The average Bonchev–Trinajstić information content (AvgIpc) is 3.19. The third kappa shape index (κ3) is 5.40. The van der Waals surface area contributed by atoms with Gasteiger partial charge in [-0.25, -0.2) is 14.4 Å². The molecular formula is C21H19F6N7O2. The molecule has 0 saturated carbocycles. The van der Waals surface area contributed by atoms with Gasteiger partial charge in [-0.1, -0.05) is 0 Å². The number of aryl methyl sites for hydroxylation is 1. The zero-order chi connectivity index (χ0) is 26.3. The van der Waals surface area contributed by atoms with Crippen molar-refractivity contribution in [2.24, 2.45) is 7.05 Å². The summed E-state index contributed by atoms with van der Waals surface area (Å²) in [6, 6.07) is 1.45. The standard InChI is InChI=1S/C21H19F6N7O2/c1-11-16(8-31-19-29-5-12(6-30-19)21(25,26)27)34(10-20(23,24)36-11)18(35)17-14(9-33(2)32-17)15-4-3-13(22)7-28-15/h3-7,9,11,16H,8,10H2,1-2H3,(H,29,30,31)/t11-,16+/m0/s1. The molecule has 1 fully saturated rings. The van der Waals surface area contributed by atoms with Gasteiger partial charge < -0.3 is 15.0 Å². The largest absolute Gasteiger partial charge is 0.419 e. The molecule has 0 unspecified atom stereocenters. The molecule has 1 amide bonds. The topological polar surface area (TPSA) is 98.1 Å². The number of alkyl halides is 5. The first-order valence-electron chi connectivity index (χ1n) is 10.5. The maximum atomic E-state index is 14.3. The van der Waals surface area contributed by atoms with E-state index < -0.39 is 48.3 Å². The summed E-state index contributed by atoms with van der Waals surface area (Å²) in [6.45, 7) is 0.00271. The number of hydrogen-bond acceptors (Lipinski definition) is 7. The van der Waals surface area contributed by atoms with Crippen LogP contribution in [0.1, 0.15) is 23.0 Å². The zero-order valence-electron chi connectivity index (χ0n) is 18.8. The highest BCUT2D eigenvalue weighted by Crippen LogP contribution is 2.32. The summed E-state index contributed by atoms with van der Waals surface area (Å²) in [4.78, 5) is 25.4. The number of amides is 1. The highest BCUT2D eigenvalue weighted by molar-refractivity contribution is 5.98. The van der Waals surface area contributed by atoms with Crippen molar-refractivity contribution in [3.8, 4) is 11.3 Å². The molecule has 0 aromatic carbocycles. The Kier molecular flexibility index (Phi) is 6.60. The number of nitrogens with one attached hydrogen (secondary N) is 1. The lowest BCUT2D eigenvalue weighted by Gasteiger charge is -2.42. The van der Waals surface area contributed by atoms with Crippen LogP contribution in [-0.2, 0) is 18.0 Å². The maximum Gasteiger partial charge on any atom is 0.419 e. The fraction of sp³-hybridized carbons (Fsp3) is 0.381. The van der Waals surface area contributed by atoms with Gasteiger partial charge in [-0.2, -0.15) is 27.1 Å². The first kappa shape index (κ1) is 25.3. The highest BCUT2D eigenvalue weighted by Gasteiger charge is 2.48. The van der Waals surface area contributed by atoms with E-state index in [1.54, 1.807) is 0 Å². The number of rotatable bonds is 5. The Bertz CT molecular complexity index is 1230. The Morgan fingerprint density at radius 1 is 1.19 bits per heavy atom. The van der Waals surface area contributed by atoms with Crippen LogP contribution in [0, 0.1) is 5.82 Å². The molecule has 0 aliphatic carbocycles. The van der Waals surface area contributed by atoms with Gasteiger partial charge in [0.1, 0.15) is 12.4 Å². The van der Waals surface area contributed by atoms with Crippen LogP contribution in [0.25, 0.3) is 11.3 Å². The molecule has 3 aromatic rings. The van der Waals surface area contributed by atoms with E-state index in [4.69, 9.17) is 4.74 Å². The van der Waals surface area contributed by atoms with Crippen LogP contribution in [-0.4, -0.2) is 66.9 Å². The minimum Gasteiger partial charge on any atom is -0.352 e. The fourth-order valence-electron chi connectivity index (χ4n) is 3.72. The summed E-state index contributed by atoms with van der Waals surface area (Å²) in [5.41, 5.74) is -0.857. The predicted octanol–water partition coefficient (Wildman–Crippen LogP) is 3.36. The second kappa shape index (κ2) is 9.37. The lowest BCUT2D eigenvalue weighted by molar-refractivity contribution is -0.298. The number of aromatic nitrogens is 5. The van der Waals surface area contributed by atoms with Crippen molar-refractivity contribution in [3.63, 3.8) is 0 Å². The Morgan fingerprint density at radius 2 is 1.89 bits per heavy atom. The number of pyridine rings is 1. The molecule has 15 heteroatoms. The summed E-state index contributed by atoms with van der Waals surface area (Å²) < 4.78 is 86.2. The van der Waals surface area contributed by atoms with Gasteiger partial charge in [0.25, 0.3) is 5.91 Å². The first-order valence-corrected chi connectivity index (χ1v) is 10.5. The SMILES string of the molecule is C[C@@H]1OC(F)(F)CN(C(=O)c2nn(C)cc2-c2ccc(F)cn2)[C@@H]1CNc1ncc(C(F)(F)F)cn1. The van der Waals surface area contributed by atoms with Gasteiger partial charge in [-0.15, -0.1) is 0 Å². The minimum absolute atomic E-state index is 0.197. The highest BCUT2D eigenvalue weighted by atomic mass is 19.4. The van der Waals surface area contributed by atoms with Crippen LogP contribution >= 0.6 is 0 Å². The van der Waals surface area contributed by atoms with Gasteiger partial charge in [0.15, 0.2) is 5.69 Å². The van der Waals surface area contributed by atoms with Gasteiger partial charge in [-0.05, 0) is 19.1 Å². The van der Waals surface area contributed by atoms with Gasteiger partial charge in [0, 0.05) is 32.2 Å². The van der Waals surface area contributed by atoms with E-state index in [1.807, 2.05) is 0 Å². The molecule has 0 bridgehead atoms. The monoisotopic (exact) mass is 515 g/mol. The number of halogens is 6. The quantitative estimate of drug-likeness (QED) is 0.521. The van der Waals surface area contributed by atoms with Crippen molar-refractivity contribution < 1.29 is 35.9 Å². The first-order chi connectivity index (χ1) is 16.8. The van der Waals surface area contributed by atoms with E-state index in [-0.39, 0.29) is 29.4 Å². The smallest absolute Gasteiger partial charge is 0.352 e. The number of anilines is 1. The van der Waals surface area contributed by atoms with E-state index >= 15 is 0 Å². The number of nitrogens with zero attached hydrogens (tertiary/aromatic N) is 6. The van der Waals surface area contributed by atoms with E-state index in [0.717, 1.165) is 17.2 Å². The average molecular weight is 515 g/mol. The van der Waals surface area contributed by atoms with E-state index in [1.165, 1.54) is 30.9 Å². The number of carbonyl (C=O) groups excluding carboxylic acids is 1. The van der Waals surface area contributed by atoms with Crippen LogP contribution < -0.4 is 5.32 Å². The molecule has 0 radical (unpaired) electrons. The van der Waals surface area contributed by atoms with E-state index in [0.29, 0.717) is 12.4 Å². The number of ether oxygens (including phenoxy) is 1. The molecule has 0 spiro atoms. The second-order valence-electron chi connectivity index (χ2n) is 8.06. The predicted molar refractivity (Wildman–Crippen MR) is 112 cm³/mol. The fourth-order valence-corrected chi connectivity index (χ4v) is 3.72. The van der Waals surface area contributed by atoms with E-state index in [9.17, 15) is 31.1 Å². The molecular weight excluding hydrogens is 496 g/mol. The van der Waals surface area contributed by atoms with Crippen molar-refractivity contribution in [2.45, 2.75) is 31.4 Å². The molecule has 1 N–H and O–H groups in total. The number of morpholine rings is 1. The molecule has 1 aliphatic rings. The lowest BCUT2D eigenvalue weighted by Crippen LogP contribution is -2.61.